The van der Waals surface area contributed by atoms with Crippen LogP contribution in [0.5, 0.6) is 0 Å². The van der Waals surface area contributed by atoms with E-state index in [0.29, 0.717) is 19.0 Å². The van der Waals surface area contributed by atoms with Gasteiger partial charge in [0, 0.05) is 24.7 Å². The van der Waals surface area contributed by atoms with Gasteiger partial charge >= 0.3 is 11.8 Å². The van der Waals surface area contributed by atoms with Gasteiger partial charge in [-0.3, -0.25) is 4.79 Å². The van der Waals surface area contributed by atoms with Crippen molar-refractivity contribution >= 4 is 5.91 Å². The lowest BCUT2D eigenvalue weighted by Gasteiger charge is -2.24. The second-order valence-electron chi connectivity index (χ2n) is 7.35. The van der Waals surface area contributed by atoms with Crippen LogP contribution in [0.15, 0.2) is 16.8 Å². The molecule has 9 heteroatoms. The van der Waals surface area contributed by atoms with Crippen molar-refractivity contribution in [3.05, 3.63) is 24.2 Å². The molecule has 24 heavy (non-hydrogen) atoms. The molecule has 1 fully saturated rings. The summed E-state index contributed by atoms with van der Waals surface area (Å²) < 4.78 is 7.38. The third kappa shape index (κ3) is 3.03. The molecule has 0 saturated carbocycles. The van der Waals surface area contributed by atoms with Crippen LogP contribution >= 0.6 is 0 Å². The van der Waals surface area contributed by atoms with Crippen LogP contribution in [-0.2, 0) is 5.41 Å². The quantitative estimate of drug-likeness (QED) is 0.811. The van der Waals surface area contributed by atoms with Crippen molar-refractivity contribution in [2.24, 2.45) is 0 Å². The van der Waals surface area contributed by atoms with Crippen molar-refractivity contribution in [3.8, 4) is 0 Å². The molecule has 2 aromatic heterocycles. The fraction of sp³-hybridized carbons (Fsp3) is 0.667. The summed E-state index contributed by atoms with van der Waals surface area (Å²) in [6.45, 7) is 7.00. The Balaban J connectivity index is 1.80. The Labute approximate surface area is 140 Å². The molecule has 1 aliphatic heterocycles. The molecular weight excluding hydrogens is 310 g/mol. The number of nitrogens with zero attached hydrogens (tertiary/aromatic N) is 7. The zero-order chi connectivity index (χ0) is 17.5. The number of likely N-dealkylation sites (N-methyl/N-ethyl adjacent to an activating group) is 1. The highest BCUT2D eigenvalue weighted by Gasteiger charge is 2.40. The molecule has 0 radical (unpaired) electrons. The molecule has 3 heterocycles. The summed E-state index contributed by atoms with van der Waals surface area (Å²) in [5.74, 6) is 0.256. The Morgan fingerprint density at radius 3 is 2.58 bits per heavy atom. The lowest BCUT2D eigenvalue weighted by atomic mass is 9.97. The molecule has 0 N–H and O–H groups in total. The topological polar surface area (TPSA) is 93.2 Å². The van der Waals surface area contributed by atoms with Gasteiger partial charge in [0.1, 0.15) is 0 Å². The van der Waals surface area contributed by atoms with E-state index in [1.807, 2.05) is 41.1 Å². The van der Waals surface area contributed by atoms with Gasteiger partial charge in [-0.1, -0.05) is 26.0 Å². The minimum absolute atomic E-state index is 0.0384. The molecule has 1 aliphatic rings. The highest BCUT2D eigenvalue weighted by molar-refractivity contribution is 5.89. The fourth-order valence-corrected chi connectivity index (χ4v) is 2.84. The summed E-state index contributed by atoms with van der Waals surface area (Å²) in [5, 5.41) is 15.9. The summed E-state index contributed by atoms with van der Waals surface area (Å²) in [6.07, 6.45) is 3.46. The van der Waals surface area contributed by atoms with Gasteiger partial charge in [0.25, 0.3) is 0 Å². The van der Waals surface area contributed by atoms with E-state index < -0.39 is 0 Å². The van der Waals surface area contributed by atoms with Crippen LogP contribution in [0.3, 0.4) is 0 Å². The van der Waals surface area contributed by atoms with Crippen LogP contribution in [0.4, 0.5) is 0 Å². The van der Waals surface area contributed by atoms with E-state index in [0.717, 1.165) is 0 Å². The minimum Gasteiger partial charge on any atom is -0.416 e. The lowest BCUT2D eigenvalue weighted by Crippen LogP contribution is -2.37. The highest BCUT2D eigenvalue weighted by Crippen LogP contribution is 2.26. The second-order valence-corrected chi connectivity index (χ2v) is 7.35. The van der Waals surface area contributed by atoms with Crippen LogP contribution in [-0.4, -0.2) is 74.1 Å². The van der Waals surface area contributed by atoms with Gasteiger partial charge in [-0.05, 0) is 14.1 Å². The number of likely N-dealkylation sites (tertiary alicyclic amines) is 1. The smallest absolute Gasteiger partial charge is 0.311 e. The van der Waals surface area contributed by atoms with Gasteiger partial charge in [0.2, 0.25) is 5.89 Å². The van der Waals surface area contributed by atoms with E-state index in [2.05, 4.69) is 25.4 Å². The number of rotatable bonds is 3. The second kappa shape index (κ2) is 5.97. The van der Waals surface area contributed by atoms with E-state index in [1.165, 1.54) is 0 Å². The number of aromatic nitrogens is 5. The maximum Gasteiger partial charge on any atom is 0.311 e. The molecule has 130 valence electrons. The van der Waals surface area contributed by atoms with Crippen LogP contribution in [0.1, 0.15) is 43.4 Å². The maximum absolute atomic E-state index is 12.7. The first-order valence-corrected chi connectivity index (χ1v) is 7.93. The Morgan fingerprint density at radius 1 is 1.29 bits per heavy atom. The Hall–Kier alpha value is -2.29. The van der Waals surface area contributed by atoms with E-state index in [-0.39, 0.29) is 29.3 Å². The van der Waals surface area contributed by atoms with Gasteiger partial charge in [0.05, 0.1) is 18.3 Å². The van der Waals surface area contributed by atoms with E-state index in [4.69, 9.17) is 4.42 Å². The van der Waals surface area contributed by atoms with Crippen LogP contribution in [0, 0.1) is 0 Å². The van der Waals surface area contributed by atoms with Crippen molar-refractivity contribution in [1.82, 2.24) is 35.0 Å². The molecule has 3 rings (SSSR count). The molecule has 0 bridgehead atoms. The third-order valence-electron chi connectivity index (χ3n) is 4.24. The number of carbonyl (C=O) groups is 1. The molecule has 2 aromatic rings. The average molecular weight is 333 g/mol. The monoisotopic (exact) mass is 333 g/mol. The number of hydrogen-bond acceptors (Lipinski definition) is 7. The van der Waals surface area contributed by atoms with E-state index in [9.17, 15) is 4.79 Å². The summed E-state index contributed by atoms with van der Waals surface area (Å²) in [6, 6.07) is 0.178. The first kappa shape index (κ1) is 16.6. The average Bonchev–Trinajstić information content (AvgIpc) is 3.23. The van der Waals surface area contributed by atoms with Crippen molar-refractivity contribution in [3.63, 3.8) is 0 Å². The Morgan fingerprint density at radius 2 is 2.04 bits per heavy atom. The first-order chi connectivity index (χ1) is 11.3. The van der Waals surface area contributed by atoms with Gasteiger partial charge in [-0.25, -0.2) is 4.68 Å². The molecule has 1 saturated heterocycles. The number of hydrogen-bond donors (Lipinski definition) is 0. The van der Waals surface area contributed by atoms with Crippen LogP contribution in [0.25, 0.3) is 0 Å². The van der Waals surface area contributed by atoms with Gasteiger partial charge in [-0.15, -0.1) is 15.3 Å². The molecule has 0 aromatic carbocycles. The molecular formula is C15H23N7O2. The largest absolute Gasteiger partial charge is 0.416 e. The number of carbonyl (C=O) groups excluding carboxylic acids is 1. The standard InChI is InChI=1S/C15H23N7O2/c1-15(2,3)14-18-17-12(24-14)13(23)21-8-10(20(4)5)11(9-21)22-7-6-16-19-22/h6-7,10-11H,8-9H2,1-5H3/t10-,11+/m1/s1. The predicted molar refractivity (Wildman–Crippen MR) is 85.4 cm³/mol. The lowest BCUT2D eigenvalue weighted by molar-refractivity contribution is 0.0737. The van der Waals surface area contributed by atoms with Crippen molar-refractivity contribution in [2.75, 3.05) is 27.2 Å². The van der Waals surface area contributed by atoms with E-state index >= 15 is 0 Å². The zero-order valence-electron chi connectivity index (χ0n) is 14.7. The number of amides is 1. The summed E-state index contributed by atoms with van der Waals surface area (Å²) >= 11 is 0. The van der Waals surface area contributed by atoms with Gasteiger partial charge in [0.15, 0.2) is 0 Å². The SMILES string of the molecule is CN(C)[C@@H]1CN(C(=O)c2nnc(C(C)(C)C)o2)C[C@@H]1n1ccnn1. The summed E-state index contributed by atoms with van der Waals surface area (Å²) in [7, 11) is 3.99. The molecule has 0 unspecified atom stereocenters. The van der Waals surface area contributed by atoms with E-state index in [1.54, 1.807) is 15.8 Å². The van der Waals surface area contributed by atoms with Crippen molar-refractivity contribution in [1.29, 1.82) is 0 Å². The van der Waals surface area contributed by atoms with Crippen LogP contribution in [0.2, 0.25) is 0 Å². The Kier molecular flexibility index (Phi) is 4.12. The maximum atomic E-state index is 12.7. The minimum atomic E-state index is -0.286. The molecule has 0 aliphatic carbocycles. The summed E-state index contributed by atoms with van der Waals surface area (Å²) in [5.41, 5.74) is -0.286. The van der Waals surface area contributed by atoms with Gasteiger partial charge in [-0.2, -0.15) is 0 Å². The zero-order valence-corrected chi connectivity index (χ0v) is 14.7. The molecule has 9 nitrogen and oxygen atoms in total. The predicted octanol–water partition coefficient (Wildman–Crippen LogP) is 0.586. The third-order valence-corrected chi connectivity index (χ3v) is 4.24. The summed E-state index contributed by atoms with van der Waals surface area (Å²) in [4.78, 5) is 16.6. The van der Waals surface area contributed by atoms with Crippen LogP contribution < -0.4 is 0 Å². The fourth-order valence-electron chi connectivity index (χ4n) is 2.84. The highest BCUT2D eigenvalue weighted by atomic mass is 16.4. The normalized spacial score (nSPS) is 21.7. The Bertz CT molecular complexity index is 702. The van der Waals surface area contributed by atoms with Crippen molar-refractivity contribution in [2.45, 2.75) is 38.3 Å². The molecule has 2 atom stereocenters. The molecule has 0 spiro atoms. The first-order valence-electron chi connectivity index (χ1n) is 7.93. The van der Waals surface area contributed by atoms with Gasteiger partial charge < -0.3 is 14.2 Å². The molecule has 1 amide bonds. The van der Waals surface area contributed by atoms with Crippen molar-refractivity contribution < 1.29 is 9.21 Å².